The highest BCUT2D eigenvalue weighted by Gasteiger charge is 2.36. The molecule has 1 aromatic carbocycles. The van der Waals surface area contributed by atoms with Crippen LogP contribution in [0.3, 0.4) is 0 Å². The van der Waals surface area contributed by atoms with Gasteiger partial charge in [0.25, 0.3) is 0 Å². The Kier molecular flexibility index (Phi) is 2.89. The predicted molar refractivity (Wildman–Crippen MR) is 47.5 cm³/mol. The van der Waals surface area contributed by atoms with Crippen LogP contribution in [0.5, 0.6) is 5.75 Å². The third kappa shape index (κ3) is 2.20. The monoisotopic (exact) mass is 285 g/mol. The maximum absolute atomic E-state index is 12.3. The van der Waals surface area contributed by atoms with Crippen LogP contribution in [0.1, 0.15) is 5.56 Å². The standard InChI is InChI=1S/C7H3BrF3NO3/c8-5-3(7(9,10)11)1-2-4(6(5)13)12(14)15/h1-2,13H. The Morgan fingerprint density at radius 2 is 1.93 bits per heavy atom. The first-order valence-corrected chi connectivity index (χ1v) is 4.27. The molecule has 0 amide bonds. The van der Waals surface area contributed by atoms with Crippen LogP contribution in [0.2, 0.25) is 0 Å². The molecule has 15 heavy (non-hydrogen) atoms. The number of rotatable bonds is 1. The summed E-state index contributed by atoms with van der Waals surface area (Å²) in [6.45, 7) is 0. The lowest BCUT2D eigenvalue weighted by molar-refractivity contribution is -0.386. The van der Waals surface area contributed by atoms with Crippen molar-refractivity contribution < 1.29 is 23.2 Å². The number of hydrogen-bond donors (Lipinski definition) is 1. The minimum atomic E-state index is -4.68. The van der Waals surface area contributed by atoms with Crippen LogP contribution in [0.4, 0.5) is 18.9 Å². The molecule has 0 fully saturated rings. The van der Waals surface area contributed by atoms with E-state index in [4.69, 9.17) is 5.11 Å². The van der Waals surface area contributed by atoms with Crippen molar-refractivity contribution in [2.75, 3.05) is 0 Å². The van der Waals surface area contributed by atoms with E-state index in [2.05, 4.69) is 15.9 Å². The molecule has 1 aromatic rings. The highest BCUT2D eigenvalue weighted by Crippen LogP contribution is 2.43. The van der Waals surface area contributed by atoms with E-state index in [1.165, 1.54) is 0 Å². The Morgan fingerprint density at radius 3 is 2.33 bits per heavy atom. The quantitative estimate of drug-likeness (QED) is 0.637. The maximum atomic E-state index is 12.3. The largest absolute Gasteiger partial charge is 0.501 e. The number of halogens is 4. The molecule has 0 saturated carbocycles. The number of nitro benzene ring substituents is 1. The van der Waals surface area contributed by atoms with E-state index in [9.17, 15) is 23.3 Å². The van der Waals surface area contributed by atoms with E-state index >= 15 is 0 Å². The maximum Gasteiger partial charge on any atom is 0.417 e. The van der Waals surface area contributed by atoms with Gasteiger partial charge >= 0.3 is 11.9 Å². The van der Waals surface area contributed by atoms with Gasteiger partial charge in [0.15, 0.2) is 0 Å². The van der Waals surface area contributed by atoms with Crippen molar-refractivity contribution in [3.63, 3.8) is 0 Å². The molecule has 0 aliphatic heterocycles. The Balaban J connectivity index is 3.41. The summed E-state index contributed by atoms with van der Waals surface area (Å²) in [7, 11) is 0. The molecule has 1 rings (SSSR count). The number of hydrogen-bond acceptors (Lipinski definition) is 3. The SMILES string of the molecule is O=[N+]([O-])c1ccc(C(F)(F)F)c(Br)c1O. The summed E-state index contributed by atoms with van der Waals surface area (Å²) >= 11 is 2.46. The summed E-state index contributed by atoms with van der Waals surface area (Å²) in [6, 6.07) is 1.13. The van der Waals surface area contributed by atoms with E-state index in [1.54, 1.807) is 0 Å². The molecule has 0 aliphatic rings. The fraction of sp³-hybridized carbons (Fsp3) is 0.143. The highest BCUT2D eigenvalue weighted by atomic mass is 79.9. The predicted octanol–water partition coefficient (Wildman–Crippen LogP) is 3.08. The Labute approximate surface area is 89.6 Å². The van der Waals surface area contributed by atoms with Gasteiger partial charge in [-0.25, -0.2) is 0 Å². The number of phenols is 1. The van der Waals surface area contributed by atoms with E-state index in [-0.39, 0.29) is 0 Å². The third-order valence-corrected chi connectivity index (χ3v) is 2.40. The van der Waals surface area contributed by atoms with Crippen molar-refractivity contribution in [1.29, 1.82) is 0 Å². The lowest BCUT2D eigenvalue weighted by Gasteiger charge is -2.09. The summed E-state index contributed by atoms with van der Waals surface area (Å²) in [5, 5.41) is 19.4. The topological polar surface area (TPSA) is 63.4 Å². The van der Waals surface area contributed by atoms with E-state index in [0.717, 1.165) is 0 Å². The average Bonchev–Trinajstić information content (AvgIpc) is 2.06. The number of alkyl halides is 3. The Morgan fingerprint density at radius 1 is 1.40 bits per heavy atom. The first-order chi connectivity index (χ1) is 6.75. The van der Waals surface area contributed by atoms with Crippen molar-refractivity contribution in [1.82, 2.24) is 0 Å². The van der Waals surface area contributed by atoms with E-state index in [0.29, 0.717) is 12.1 Å². The van der Waals surface area contributed by atoms with Crippen LogP contribution in [0.15, 0.2) is 16.6 Å². The molecule has 1 N–H and O–H groups in total. The number of benzene rings is 1. The second-order valence-corrected chi connectivity index (χ2v) is 3.34. The summed E-state index contributed by atoms with van der Waals surface area (Å²) in [5.74, 6) is -1.03. The normalized spacial score (nSPS) is 11.5. The number of nitro groups is 1. The van der Waals surface area contributed by atoms with Gasteiger partial charge in [0.2, 0.25) is 5.75 Å². The van der Waals surface area contributed by atoms with Gasteiger partial charge in [-0.3, -0.25) is 10.1 Å². The van der Waals surface area contributed by atoms with Crippen molar-refractivity contribution in [2.24, 2.45) is 0 Å². The van der Waals surface area contributed by atoms with Crippen LogP contribution < -0.4 is 0 Å². The fourth-order valence-corrected chi connectivity index (χ4v) is 1.48. The molecule has 0 saturated heterocycles. The molecule has 4 nitrogen and oxygen atoms in total. The van der Waals surface area contributed by atoms with Crippen LogP contribution >= 0.6 is 15.9 Å². The second-order valence-electron chi connectivity index (χ2n) is 2.55. The summed E-state index contributed by atoms with van der Waals surface area (Å²) in [5.41, 5.74) is -1.94. The third-order valence-electron chi connectivity index (χ3n) is 1.60. The van der Waals surface area contributed by atoms with Gasteiger partial charge in [-0.05, 0) is 22.0 Å². The Bertz CT molecular complexity index is 419. The summed E-state index contributed by atoms with van der Waals surface area (Å²) in [6.07, 6.45) is -4.68. The first-order valence-electron chi connectivity index (χ1n) is 3.48. The van der Waals surface area contributed by atoms with Crippen LogP contribution in [0, 0.1) is 10.1 Å². The first kappa shape index (κ1) is 11.8. The van der Waals surface area contributed by atoms with Crippen LogP contribution in [0.25, 0.3) is 0 Å². The van der Waals surface area contributed by atoms with Crippen molar-refractivity contribution in [3.05, 3.63) is 32.3 Å². The second kappa shape index (κ2) is 3.69. The molecule has 0 heterocycles. The van der Waals surface area contributed by atoms with Gasteiger partial charge in [0.05, 0.1) is 15.0 Å². The van der Waals surface area contributed by atoms with Gasteiger partial charge < -0.3 is 5.11 Å². The summed E-state index contributed by atoms with van der Waals surface area (Å²) in [4.78, 5) is 9.31. The lowest BCUT2D eigenvalue weighted by Crippen LogP contribution is -2.06. The minimum absolute atomic E-state index is 0.530. The molecular formula is C7H3BrF3NO3. The van der Waals surface area contributed by atoms with E-state index < -0.39 is 32.6 Å². The average molecular weight is 286 g/mol. The highest BCUT2D eigenvalue weighted by molar-refractivity contribution is 9.10. The minimum Gasteiger partial charge on any atom is -0.501 e. The number of nitrogens with zero attached hydrogens (tertiary/aromatic N) is 1. The number of phenolic OH excluding ortho intramolecular Hbond substituents is 1. The zero-order valence-electron chi connectivity index (χ0n) is 6.88. The molecule has 82 valence electrons. The lowest BCUT2D eigenvalue weighted by atomic mass is 10.2. The fourth-order valence-electron chi connectivity index (χ4n) is 0.921. The zero-order valence-corrected chi connectivity index (χ0v) is 8.46. The molecule has 8 heteroatoms. The van der Waals surface area contributed by atoms with Gasteiger partial charge in [-0.2, -0.15) is 13.2 Å². The number of aromatic hydroxyl groups is 1. The van der Waals surface area contributed by atoms with Gasteiger partial charge in [0.1, 0.15) is 0 Å². The van der Waals surface area contributed by atoms with Gasteiger partial charge in [0, 0.05) is 6.07 Å². The van der Waals surface area contributed by atoms with Crippen LogP contribution in [-0.4, -0.2) is 10.0 Å². The van der Waals surface area contributed by atoms with Crippen LogP contribution in [-0.2, 0) is 6.18 Å². The molecule has 0 radical (unpaired) electrons. The van der Waals surface area contributed by atoms with E-state index in [1.807, 2.05) is 0 Å². The molecule has 0 aromatic heterocycles. The molecule has 0 unspecified atom stereocenters. The Hall–Kier alpha value is -1.31. The smallest absolute Gasteiger partial charge is 0.417 e. The molecule has 0 atom stereocenters. The molecular weight excluding hydrogens is 283 g/mol. The van der Waals surface area contributed by atoms with Gasteiger partial charge in [-0.15, -0.1) is 0 Å². The zero-order chi connectivity index (χ0) is 11.8. The molecule has 0 spiro atoms. The van der Waals surface area contributed by atoms with Gasteiger partial charge in [-0.1, -0.05) is 0 Å². The van der Waals surface area contributed by atoms with Crippen molar-refractivity contribution in [2.45, 2.75) is 6.18 Å². The molecule has 0 bridgehead atoms. The van der Waals surface area contributed by atoms with Crippen molar-refractivity contribution in [3.8, 4) is 5.75 Å². The van der Waals surface area contributed by atoms with Crippen molar-refractivity contribution >= 4 is 21.6 Å². The molecule has 0 aliphatic carbocycles. The summed E-state index contributed by atoms with van der Waals surface area (Å²) < 4.78 is 36.0.